The van der Waals surface area contributed by atoms with E-state index in [4.69, 9.17) is 16.0 Å². The summed E-state index contributed by atoms with van der Waals surface area (Å²) in [4.78, 5) is 11.9. The fraction of sp³-hybridized carbons (Fsp3) is 0.267. The van der Waals surface area contributed by atoms with E-state index < -0.39 is 11.6 Å². The quantitative estimate of drug-likeness (QED) is 0.811. The molecule has 1 heterocycles. The first-order valence-electron chi connectivity index (χ1n) is 6.46. The van der Waals surface area contributed by atoms with Crippen LogP contribution >= 0.6 is 11.6 Å². The largest absolute Gasteiger partial charge is 0.466 e. The molecule has 2 amide bonds. The molecule has 5 nitrogen and oxygen atoms in total. The number of aliphatic hydroxyl groups is 1. The fourth-order valence-electron chi connectivity index (χ4n) is 1.87. The molecule has 2 aromatic rings. The van der Waals surface area contributed by atoms with Gasteiger partial charge in [0.15, 0.2) is 0 Å². The first-order valence-corrected chi connectivity index (χ1v) is 6.84. The summed E-state index contributed by atoms with van der Waals surface area (Å²) in [5, 5.41) is 16.0. The smallest absolute Gasteiger partial charge is 0.319 e. The lowest BCUT2D eigenvalue weighted by molar-refractivity contribution is 0.0372. The lowest BCUT2D eigenvalue weighted by atomic mass is 10.0. The number of amides is 2. The molecular weight excluding hydrogens is 292 g/mol. The second kappa shape index (κ2) is 6.20. The lowest BCUT2D eigenvalue weighted by Crippen LogP contribution is -2.40. The van der Waals surface area contributed by atoms with Crippen molar-refractivity contribution in [2.45, 2.75) is 19.4 Å². The Morgan fingerprint density at radius 2 is 2.14 bits per heavy atom. The number of anilines is 1. The maximum absolute atomic E-state index is 11.9. The third kappa shape index (κ3) is 3.77. The number of benzene rings is 1. The second-order valence-corrected chi connectivity index (χ2v) is 5.40. The molecular formula is C15H17ClN2O3. The maximum Gasteiger partial charge on any atom is 0.319 e. The molecule has 21 heavy (non-hydrogen) atoms. The Morgan fingerprint density at radius 1 is 1.38 bits per heavy atom. The number of hydrogen-bond donors (Lipinski definition) is 3. The number of rotatable bonds is 4. The van der Waals surface area contributed by atoms with E-state index in [1.807, 2.05) is 19.1 Å². The fourth-order valence-corrected chi connectivity index (χ4v) is 2.14. The van der Waals surface area contributed by atoms with E-state index >= 15 is 0 Å². The second-order valence-electron chi connectivity index (χ2n) is 4.99. The number of urea groups is 1. The number of aryl methyl sites for hydroxylation is 1. The zero-order valence-corrected chi connectivity index (χ0v) is 12.6. The summed E-state index contributed by atoms with van der Waals surface area (Å²) in [6.45, 7) is 3.42. The average molecular weight is 309 g/mol. The Morgan fingerprint density at radius 3 is 2.76 bits per heavy atom. The predicted molar refractivity (Wildman–Crippen MR) is 81.5 cm³/mol. The number of hydrogen-bond acceptors (Lipinski definition) is 3. The molecule has 1 aromatic carbocycles. The van der Waals surface area contributed by atoms with Gasteiger partial charge >= 0.3 is 6.03 Å². The third-order valence-electron chi connectivity index (χ3n) is 3.11. The van der Waals surface area contributed by atoms with E-state index in [-0.39, 0.29) is 6.54 Å². The van der Waals surface area contributed by atoms with Crippen LogP contribution in [0.2, 0.25) is 5.02 Å². The van der Waals surface area contributed by atoms with E-state index in [1.54, 1.807) is 25.1 Å². The lowest BCUT2D eigenvalue weighted by Gasteiger charge is -2.21. The van der Waals surface area contributed by atoms with Crippen LogP contribution in [0.4, 0.5) is 10.5 Å². The highest BCUT2D eigenvalue weighted by Gasteiger charge is 2.26. The SMILES string of the molecule is Cc1cccc(Cl)c1NC(=O)NC[C@@](C)(O)c1ccco1. The Bertz CT molecular complexity index is 604. The van der Waals surface area contributed by atoms with Crippen molar-refractivity contribution in [2.75, 3.05) is 11.9 Å². The van der Waals surface area contributed by atoms with Crippen molar-refractivity contribution in [2.24, 2.45) is 0 Å². The van der Waals surface area contributed by atoms with E-state index in [0.717, 1.165) is 5.56 Å². The summed E-state index contributed by atoms with van der Waals surface area (Å²) in [5.74, 6) is 0.386. The van der Waals surface area contributed by atoms with Crippen molar-refractivity contribution < 1.29 is 14.3 Å². The Kier molecular flexibility index (Phi) is 4.55. The summed E-state index contributed by atoms with van der Waals surface area (Å²) in [6, 6.07) is 8.24. The van der Waals surface area contributed by atoms with Crippen molar-refractivity contribution in [1.29, 1.82) is 0 Å². The van der Waals surface area contributed by atoms with Crippen LogP contribution in [0, 0.1) is 6.92 Å². The molecule has 2 rings (SSSR count). The van der Waals surface area contributed by atoms with Crippen LogP contribution in [-0.4, -0.2) is 17.7 Å². The van der Waals surface area contributed by atoms with Gasteiger partial charge in [-0.1, -0.05) is 23.7 Å². The van der Waals surface area contributed by atoms with Crippen LogP contribution in [-0.2, 0) is 5.60 Å². The van der Waals surface area contributed by atoms with Crippen molar-refractivity contribution in [3.63, 3.8) is 0 Å². The van der Waals surface area contributed by atoms with Gasteiger partial charge in [0, 0.05) is 0 Å². The van der Waals surface area contributed by atoms with Crippen molar-refractivity contribution >= 4 is 23.3 Å². The Labute approximate surface area is 127 Å². The van der Waals surface area contributed by atoms with Crippen molar-refractivity contribution in [3.8, 4) is 0 Å². The van der Waals surface area contributed by atoms with Gasteiger partial charge in [0.1, 0.15) is 11.4 Å². The van der Waals surface area contributed by atoms with Gasteiger partial charge in [-0.25, -0.2) is 4.79 Å². The molecule has 3 N–H and O–H groups in total. The van der Waals surface area contributed by atoms with Crippen LogP contribution < -0.4 is 10.6 Å². The van der Waals surface area contributed by atoms with Gasteiger partial charge in [-0.3, -0.25) is 0 Å². The van der Waals surface area contributed by atoms with Gasteiger partial charge in [-0.05, 0) is 37.6 Å². The molecule has 0 aliphatic carbocycles. The summed E-state index contributed by atoms with van der Waals surface area (Å²) in [5.41, 5.74) is 0.126. The molecule has 6 heteroatoms. The zero-order valence-electron chi connectivity index (χ0n) is 11.8. The highest BCUT2D eigenvalue weighted by molar-refractivity contribution is 6.33. The van der Waals surface area contributed by atoms with Crippen molar-refractivity contribution in [3.05, 3.63) is 52.9 Å². The summed E-state index contributed by atoms with van der Waals surface area (Å²) < 4.78 is 5.14. The number of carbonyl (C=O) groups is 1. The van der Waals surface area contributed by atoms with Gasteiger partial charge in [0.25, 0.3) is 0 Å². The zero-order chi connectivity index (χ0) is 15.5. The topological polar surface area (TPSA) is 74.5 Å². The standard InChI is InChI=1S/C15H17ClN2O3/c1-10-5-3-6-11(16)13(10)18-14(19)17-9-15(2,20)12-7-4-8-21-12/h3-8,20H,9H2,1-2H3,(H2,17,18,19)/t15-/m1/s1. The Balaban J connectivity index is 1.97. The van der Waals surface area contributed by atoms with E-state index in [0.29, 0.717) is 16.5 Å². The first-order chi connectivity index (χ1) is 9.90. The number of carbonyl (C=O) groups excluding carboxylic acids is 1. The number of nitrogens with one attached hydrogen (secondary N) is 2. The molecule has 0 saturated carbocycles. The normalized spacial score (nSPS) is 13.5. The molecule has 1 atom stereocenters. The molecule has 0 aliphatic rings. The van der Waals surface area contributed by atoms with Gasteiger partial charge < -0.3 is 20.2 Å². The van der Waals surface area contributed by atoms with Gasteiger partial charge in [0.2, 0.25) is 0 Å². The highest BCUT2D eigenvalue weighted by Crippen LogP contribution is 2.25. The third-order valence-corrected chi connectivity index (χ3v) is 3.42. The molecule has 0 spiro atoms. The predicted octanol–water partition coefficient (Wildman–Crippen LogP) is 3.27. The minimum Gasteiger partial charge on any atom is -0.466 e. The van der Waals surface area contributed by atoms with Crippen LogP contribution in [0.1, 0.15) is 18.2 Å². The molecule has 0 bridgehead atoms. The molecule has 112 valence electrons. The molecule has 0 fully saturated rings. The minimum atomic E-state index is -1.28. The average Bonchev–Trinajstić information content (AvgIpc) is 2.96. The number of furan rings is 1. The van der Waals surface area contributed by atoms with Crippen molar-refractivity contribution in [1.82, 2.24) is 5.32 Å². The van der Waals surface area contributed by atoms with Gasteiger partial charge in [-0.2, -0.15) is 0 Å². The highest BCUT2D eigenvalue weighted by atomic mass is 35.5. The summed E-state index contributed by atoms with van der Waals surface area (Å²) in [6.07, 6.45) is 1.47. The van der Waals surface area contributed by atoms with E-state index in [1.165, 1.54) is 6.26 Å². The minimum absolute atomic E-state index is 0.00977. The van der Waals surface area contributed by atoms with Crippen LogP contribution in [0.5, 0.6) is 0 Å². The molecule has 0 radical (unpaired) electrons. The molecule has 0 saturated heterocycles. The number of halogens is 1. The molecule has 0 unspecified atom stereocenters. The van der Waals surface area contributed by atoms with Gasteiger partial charge in [-0.15, -0.1) is 0 Å². The number of para-hydroxylation sites is 1. The van der Waals surface area contributed by atoms with E-state index in [2.05, 4.69) is 10.6 Å². The molecule has 0 aliphatic heterocycles. The van der Waals surface area contributed by atoms with Crippen LogP contribution in [0.3, 0.4) is 0 Å². The van der Waals surface area contributed by atoms with Gasteiger partial charge in [0.05, 0.1) is 23.5 Å². The first kappa shape index (κ1) is 15.4. The Hall–Kier alpha value is -1.98. The van der Waals surface area contributed by atoms with E-state index in [9.17, 15) is 9.90 Å². The van der Waals surface area contributed by atoms with Crippen LogP contribution in [0.25, 0.3) is 0 Å². The molecule has 1 aromatic heterocycles. The summed E-state index contributed by atoms with van der Waals surface area (Å²) >= 11 is 6.04. The maximum atomic E-state index is 11.9. The summed E-state index contributed by atoms with van der Waals surface area (Å²) in [7, 11) is 0. The monoisotopic (exact) mass is 308 g/mol. The van der Waals surface area contributed by atoms with Crippen LogP contribution in [0.15, 0.2) is 41.0 Å².